The van der Waals surface area contributed by atoms with Crippen molar-refractivity contribution in [3.8, 4) is 0 Å². The van der Waals surface area contributed by atoms with Crippen LogP contribution < -0.4 is 11.1 Å². The first kappa shape index (κ1) is 18.2. The van der Waals surface area contributed by atoms with E-state index in [0.717, 1.165) is 23.2 Å². The molecule has 138 valence electrons. The number of aliphatic imine (C=N–C) groups is 1. The van der Waals surface area contributed by atoms with Crippen molar-refractivity contribution in [2.75, 3.05) is 0 Å². The van der Waals surface area contributed by atoms with E-state index in [0.29, 0.717) is 23.5 Å². The first-order chi connectivity index (χ1) is 12.5. The lowest BCUT2D eigenvalue weighted by Gasteiger charge is -2.11. The third-order valence-electron chi connectivity index (χ3n) is 4.71. The second-order valence-corrected chi connectivity index (χ2v) is 7.42. The van der Waals surface area contributed by atoms with E-state index in [4.69, 9.17) is 10.8 Å². The summed E-state index contributed by atoms with van der Waals surface area (Å²) in [6.07, 6.45) is 11.4. The molecule has 2 heterocycles. The molecule has 0 unspecified atom stereocenters. The van der Waals surface area contributed by atoms with E-state index in [1.165, 1.54) is 25.7 Å². The fourth-order valence-corrected chi connectivity index (χ4v) is 3.53. The Morgan fingerprint density at radius 3 is 2.92 bits per heavy atom. The minimum Gasteiger partial charge on any atom is -0.398 e. The van der Waals surface area contributed by atoms with Crippen LogP contribution in [0.3, 0.4) is 0 Å². The van der Waals surface area contributed by atoms with E-state index < -0.39 is 0 Å². The molecule has 1 aliphatic rings. The van der Waals surface area contributed by atoms with Crippen molar-refractivity contribution in [1.29, 1.82) is 0 Å². The highest BCUT2D eigenvalue weighted by Gasteiger charge is 2.16. The van der Waals surface area contributed by atoms with Gasteiger partial charge in [0.1, 0.15) is 5.82 Å². The smallest absolute Gasteiger partial charge is 0.118 e. The lowest BCUT2D eigenvalue weighted by atomic mass is 10.0. The predicted octanol–water partition coefficient (Wildman–Crippen LogP) is 3.91. The van der Waals surface area contributed by atoms with Crippen LogP contribution in [-0.4, -0.2) is 21.9 Å². The number of nitrogens with one attached hydrogen (secondary N) is 1. The average Bonchev–Trinajstić information content (AvgIpc) is 3.21. The molecular formula is C21H29N5. The normalized spacial score (nSPS) is 16.2. The standard InChI is InChI=1S/C21H29N5/c1-15(2)14-19-21(20-10-6-7-13-26(20)25-19)18(22)11-12-23-16(3)24-17-8-4-5-9-17/h6-7,10-13,15,17,24H,3-5,8-9,14,22H2,1-2H3/b18-11-,23-12-. The molecule has 3 N–H and O–H groups in total. The van der Waals surface area contributed by atoms with Gasteiger partial charge in [0.15, 0.2) is 0 Å². The van der Waals surface area contributed by atoms with E-state index in [2.05, 4.69) is 30.7 Å². The Kier molecular flexibility index (Phi) is 5.76. The Bertz CT molecular complexity index is 822. The van der Waals surface area contributed by atoms with Gasteiger partial charge in [-0.15, -0.1) is 0 Å². The van der Waals surface area contributed by atoms with Gasteiger partial charge in [-0.2, -0.15) is 5.10 Å². The summed E-state index contributed by atoms with van der Waals surface area (Å²) in [6, 6.07) is 6.54. The maximum Gasteiger partial charge on any atom is 0.118 e. The summed E-state index contributed by atoms with van der Waals surface area (Å²) < 4.78 is 1.89. The molecule has 0 bridgehead atoms. The van der Waals surface area contributed by atoms with E-state index >= 15 is 0 Å². The van der Waals surface area contributed by atoms with E-state index in [1.54, 1.807) is 6.21 Å². The Hall–Kier alpha value is -2.56. The van der Waals surface area contributed by atoms with Gasteiger partial charge >= 0.3 is 0 Å². The summed E-state index contributed by atoms with van der Waals surface area (Å²) in [6.45, 7) is 8.37. The molecule has 1 aliphatic carbocycles. The van der Waals surface area contributed by atoms with Crippen molar-refractivity contribution >= 4 is 17.4 Å². The maximum atomic E-state index is 6.40. The Morgan fingerprint density at radius 2 is 2.19 bits per heavy atom. The van der Waals surface area contributed by atoms with Crippen LogP contribution >= 0.6 is 0 Å². The number of hydrogen-bond acceptors (Lipinski definition) is 4. The molecule has 0 aromatic carbocycles. The highest BCUT2D eigenvalue weighted by Crippen LogP contribution is 2.23. The van der Waals surface area contributed by atoms with Gasteiger partial charge < -0.3 is 11.1 Å². The van der Waals surface area contributed by atoms with Gasteiger partial charge in [0.25, 0.3) is 0 Å². The Morgan fingerprint density at radius 1 is 1.42 bits per heavy atom. The summed E-state index contributed by atoms with van der Waals surface area (Å²) in [4.78, 5) is 4.39. The number of pyridine rings is 1. The molecule has 1 saturated carbocycles. The van der Waals surface area contributed by atoms with Gasteiger partial charge in [-0.05, 0) is 43.4 Å². The summed E-state index contributed by atoms with van der Waals surface area (Å²) in [7, 11) is 0. The number of fused-ring (bicyclic) bond motifs is 1. The van der Waals surface area contributed by atoms with Crippen molar-refractivity contribution in [1.82, 2.24) is 14.9 Å². The molecular weight excluding hydrogens is 322 g/mol. The molecule has 0 spiro atoms. The van der Waals surface area contributed by atoms with Crippen LogP contribution in [0.1, 0.15) is 50.8 Å². The molecule has 0 aliphatic heterocycles. The number of hydrogen-bond donors (Lipinski definition) is 2. The van der Waals surface area contributed by atoms with Crippen LogP contribution in [0.15, 0.2) is 47.9 Å². The van der Waals surface area contributed by atoms with Gasteiger partial charge in [0, 0.05) is 29.7 Å². The van der Waals surface area contributed by atoms with Gasteiger partial charge in [-0.1, -0.05) is 39.3 Å². The van der Waals surface area contributed by atoms with Crippen LogP contribution in [0.5, 0.6) is 0 Å². The van der Waals surface area contributed by atoms with Gasteiger partial charge in [-0.3, -0.25) is 0 Å². The third-order valence-corrected chi connectivity index (χ3v) is 4.71. The summed E-state index contributed by atoms with van der Waals surface area (Å²) in [5.41, 5.74) is 10.1. The number of allylic oxidation sites excluding steroid dienone is 1. The third kappa shape index (κ3) is 4.34. The van der Waals surface area contributed by atoms with Crippen LogP contribution in [0.2, 0.25) is 0 Å². The quantitative estimate of drug-likeness (QED) is 0.743. The molecule has 5 heteroatoms. The van der Waals surface area contributed by atoms with Gasteiger partial charge in [0.2, 0.25) is 0 Å². The molecule has 2 aromatic heterocycles. The van der Waals surface area contributed by atoms with Crippen LogP contribution in [0.25, 0.3) is 11.2 Å². The molecule has 3 rings (SSSR count). The number of aromatic nitrogens is 2. The lowest BCUT2D eigenvalue weighted by Crippen LogP contribution is -2.23. The van der Waals surface area contributed by atoms with Crippen molar-refractivity contribution < 1.29 is 0 Å². The first-order valence-electron chi connectivity index (χ1n) is 9.46. The topological polar surface area (TPSA) is 67.7 Å². The summed E-state index contributed by atoms with van der Waals surface area (Å²) in [5.74, 6) is 1.21. The van der Waals surface area contributed by atoms with E-state index in [1.807, 2.05) is 35.0 Å². The minimum absolute atomic E-state index is 0.510. The largest absolute Gasteiger partial charge is 0.398 e. The highest BCUT2D eigenvalue weighted by atomic mass is 15.2. The van der Waals surface area contributed by atoms with E-state index in [9.17, 15) is 0 Å². The molecule has 2 aromatic rings. The van der Waals surface area contributed by atoms with Crippen molar-refractivity contribution in [2.45, 2.75) is 52.0 Å². The zero-order chi connectivity index (χ0) is 18.5. The maximum absolute atomic E-state index is 6.40. The van der Waals surface area contributed by atoms with Gasteiger partial charge in [0.05, 0.1) is 11.2 Å². The SMILES string of the molecule is C=C(/N=C\C=C(/N)c1c(CC(C)C)nn2ccccc12)NC1CCCC1. The number of nitrogens with two attached hydrogens (primary N) is 1. The highest BCUT2D eigenvalue weighted by molar-refractivity contribution is 5.88. The lowest BCUT2D eigenvalue weighted by molar-refractivity contribution is 0.583. The predicted molar refractivity (Wildman–Crippen MR) is 109 cm³/mol. The molecule has 0 atom stereocenters. The van der Waals surface area contributed by atoms with Crippen molar-refractivity contribution in [2.24, 2.45) is 16.6 Å². The fourth-order valence-electron chi connectivity index (χ4n) is 3.53. The second kappa shape index (κ2) is 8.21. The molecule has 0 saturated heterocycles. The first-order valence-corrected chi connectivity index (χ1v) is 9.46. The monoisotopic (exact) mass is 351 g/mol. The number of nitrogens with zero attached hydrogens (tertiary/aromatic N) is 3. The number of rotatable bonds is 7. The van der Waals surface area contributed by atoms with Crippen LogP contribution in [-0.2, 0) is 6.42 Å². The molecule has 1 fully saturated rings. The average molecular weight is 351 g/mol. The van der Waals surface area contributed by atoms with Gasteiger partial charge in [-0.25, -0.2) is 9.51 Å². The van der Waals surface area contributed by atoms with Crippen molar-refractivity contribution in [3.05, 3.63) is 54.1 Å². The zero-order valence-corrected chi connectivity index (χ0v) is 15.8. The molecule has 0 radical (unpaired) electrons. The molecule has 5 nitrogen and oxygen atoms in total. The van der Waals surface area contributed by atoms with Crippen molar-refractivity contribution in [3.63, 3.8) is 0 Å². The Labute approximate surface area is 155 Å². The van der Waals surface area contributed by atoms with Crippen LogP contribution in [0, 0.1) is 5.92 Å². The van der Waals surface area contributed by atoms with Crippen LogP contribution in [0.4, 0.5) is 0 Å². The van der Waals surface area contributed by atoms with E-state index in [-0.39, 0.29) is 0 Å². The minimum atomic E-state index is 0.510. The Balaban J connectivity index is 1.79. The fraction of sp³-hybridized carbons (Fsp3) is 0.429. The zero-order valence-electron chi connectivity index (χ0n) is 15.8. The second-order valence-electron chi connectivity index (χ2n) is 7.42. The summed E-state index contributed by atoms with van der Waals surface area (Å²) >= 11 is 0. The molecule has 26 heavy (non-hydrogen) atoms. The summed E-state index contributed by atoms with van der Waals surface area (Å²) in [5, 5.41) is 8.08. The molecule has 0 amide bonds.